The highest BCUT2D eigenvalue weighted by Crippen LogP contribution is 2.34. The van der Waals surface area contributed by atoms with Gasteiger partial charge in [0.05, 0.1) is 17.9 Å². The molecule has 0 saturated heterocycles. The van der Waals surface area contributed by atoms with Gasteiger partial charge in [0.2, 0.25) is 0 Å². The molecule has 0 radical (unpaired) electrons. The molecule has 4 nitrogen and oxygen atoms in total. The molecule has 0 spiro atoms. The lowest BCUT2D eigenvalue weighted by atomic mass is 10.2. The first-order valence-electron chi connectivity index (χ1n) is 7.67. The Morgan fingerprint density at radius 1 is 1.22 bits per heavy atom. The Balaban J connectivity index is 1.74. The second-order valence-electron chi connectivity index (χ2n) is 5.71. The minimum atomic E-state index is -0.0200. The van der Waals surface area contributed by atoms with Crippen molar-refractivity contribution in [2.75, 3.05) is 17.2 Å². The van der Waals surface area contributed by atoms with Crippen LogP contribution in [-0.4, -0.2) is 21.7 Å². The summed E-state index contributed by atoms with van der Waals surface area (Å²) in [7, 11) is 0. The lowest BCUT2D eigenvalue weighted by molar-refractivity contribution is 0.791. The smallest absolute Gasteiger partial charge is 0.258 e. The van der Waals surface area contributed by atoms with Crippen LogP contribution in [0.4, 0.5) is 5.69 Å². The Morgan fingerprint density at radius 2 is 2.09 bits per heavy atom. The molecule has 0 N–H and O–H groups in total. The normalized spacial score (nSPS) is 14.0. The highest BCUT2D eigenvalue weighted by molar-refractivity contribution is 7.99. The van der Waals surface area contributed by atoms with Crippen molar-refractivity contribution in [1.82, 2.24) is 9.38 Å². The molecule has 1 aliphatic heterocycles. The van der Waals surface area contributed by atoms with E-state index in [1.165, 1.54) is 10.6 Å². The molecule has 0 amide bonds. The summed E-state index contributed by atoms with van der Waals surface area (Å²) < 4.78 is 1.61. The summed E-state index contributed by atoms with van der Waals surface area (Å²) in [6, 6.07) is 13.9. The molecule has 0 aliphatic carbocycles. The average molecular weight is 323 g/mol. The van der Waals surface area contributed by atoms with Crippen LogP contribution in [0.15, 0.2) is 58.4 Å². The summed E-state index contributed by atoms with van der Waals surface area (Å²) in [4.78, 5) is 20.7. The molecule has 116 valence electrons. The van der Waals surface area contributed by atoms with Crippen LogP contribution in [-0.2, 0) is 6.54 Å². The Hall–Kier alpha value is -2.27. The molecule has 3 heterocycles. The van der Waals surface area contributed by atoms with Gasteiger partial charge in [0.25, 0.3) is 5.56 Å². The Kier molecular flexibility index (Phi) is 3.58. The van der Waals surface area contributed by atoms with E-state index in [0.717, 1.165) is 29.2 Å². The van der Waals surface area contributed by atoms with E-state index in [4.69, 9.17) is 4.98 Å². The van der Waals surface area contributed by atoms with Crippen LogP contribution in [0.3, 0.4) is 0 Å². The van der Waals surface area contributed by atoms with E-state index >= 15 is 0 Å². The van der Waals surface area contributed by atoms with Crippen molar-refractivity contribution in [2.24, 2.45) is 0 Å². The number of aryl methyl sites for hydroxylation is 1. The lowest BCUT2D eigenvalue weighted by Crippen LogP contribution is -2.30. The zero-order valence-electron chi connectivity index (χ0n) is 12.9. The number of anilines is 1. The molecule has 0 atom stereocenters. The third-order valence-corrected chi connectivity index (χ3v) is 5.16. The van der Waals surface area contributed by atoms with Crippen LogP contribution in [0.5, 0.6) is 0 Å². The van der Waals surface area contributed by atoms with E-state index in [1.807, 2.05) is 30.8 Å². The number of nitrogens with zero attached hydrogens (tertiary/aromatic N) is 3. The summed E-state index contributed by atoms with van der Waals surface area (Å²) in [5.41, 5.74) is 3.80. The molecule has 0 fully saturated rings. The topological polar surface area (TPSA) is 37.6 Å². The number of rotatable bonds is 2. The fourth-order valence-electron chi connectivity index (χ4n) is 2.98. The second-order valence-corrected chi connectivity index (χ2v) is 6.85. The van der Waals surface area contributed by atoms with E-state index in [9.17, 15) is 4.79 Å². The van der Waals surface area contributed by atoms with Crippen LogP contribution in [0.1, 0.15) is 11.3 Å². The van der Waals surface area contributed by atoms with Crippen LogP contribution < -0.4 is 10.5 Å². The van der Waals surface area contributed by atoms with E-state index in [-0.39, 0.29) is 5.56 Å². The summed E-state index contributed by atoms with van der Waals surface area (Å²) in [5.74, 6) is 1.06. The van der Waals surface area contributed by atoms with E-state index in [1.54, 1.807) is 16.7 Å². The third kappa shape index (κ3) is 2.61. The Morgan fingerprint density at radius 3 is 3.00 bits per heavy atom. The lowest BCUT2D eigenvalue weighted by Gasteiger charge is -2.30. The molecule has 2 aromatic heterocycles. The van der Waals surface area contributed by atoms with Gasteiger partial charge in [0, 0.05) is 29.5 Å². The maximum Gasteiger partial charge on any atom is 0.258 e. The maximum atomic E-state index is 12.3. The van der Waals surface area contributed by atoms with E-state index in [0.29, 0.717) is 6.54 Å². The SMILES string of the molecule is Cc1cccn2c(=O)cc(CN3CCSc4ccccc43)nc12. The van der Waals surface area contributed by atoms with Gasteiger partial charge in [-0.2, -0.15) is 0 Å². The van der Waals surface area contributed by atoms with Crippen molar-refractivity contribution < 1.29 is 0 Å². The monoisotopic (exact) mass is 323 g/mol. The molecule has 0 unspecified atom stereocenters. The number of hydrogen-bond donors (Lipinski definition) is 0. The average Bonchev–Trinajstić information content (AvgIpc) is 2.56. The molecule has 0 bridgehead atoms. The van der Waals surface area contributed by atoms with Crippen molar-refractivity contribution in [1.29, 1.82) is 0 Å². The predicted octanol–water partition coefficient (Wildman–Crippen LogP) is 3.12. The van der Waals surface area contributed by atoms with Crippen LogP contribution in [0.25, 0.3) is 5.65 Å². The van der Waals surface area contributed by atoms with E-state index < -0.39 is 0 Å². The quantitative estimate of drug-likeness (QED) is 0.726. The minimum absolute atomic E-state index is 0.0200. The number of hydrogen-bond acceptors (Lipinski definition) is 4. The first-order chi connectivity index (χ1) is 11.2. The largest absolute Gasteiger partial charge is 0.364 e. The molecule has 1 aliphatic rings. The zero-order valence-corrected chi connectivity index (χ0v) is 13.7. The molecule has 5 heteroatoms. The van der Waals surface area contributed by atoms with E-state index in [2.05, 4.69) is 29.2 Å². The summed E-state index contributed by atoms with van der Waals surface area (Å²) >= 11 is 1.88. The molecule has 3 aromatic rings. The molecule has 1 aromatic carbocycles. The maximum absolute atomic E-state index is 12.3. The number of benzene rings is 1. The van der Waals surface area contributed by atoms with Crippen molar-refractivity contribution >= 4 is 23.1 Å². The van der Waals surface area contributed by atoms with Gasteiger partial charge in [-0.3, -0.25) is 9.20 Å². The van der Waals surface area contributed by atoms with Gasteiger partial charge in [-0.1, -0.05) is 18.2 Å². The first kappa shape index (κ1) is 14.3. The molecule has 0 saturated carbocycles. The van der Waals surface area contributed by atoms with Crippen LogP contribution in [0, 0.1) is 6.92 Å². The third-order valence-electron chi connectivity index (χ3n) is 4.12. The summed E-state index contributed by atoms with van der Waals surface area (Å²) in [5, 5.41) is 0. The number of para-hydroxylation sites is 1. The van der Waals surface area contributed by atoms with Gasteiger partial charge in [0.15, 0.2) is 0 Å². The molecular formula is C18H17N3OS. The number of fused-ring (bicyclic) bond motifs is 2. The Bertz CT molecular complexity index is 935. The molecular weight excluding hydrogens is 306 g/mol. The van der Waals surface area contributed by atoms with Gasteiger partial charge in [-0.05, 0) is 30.7 Å². The number of aromatic nitrogens is 2. The summed E-state index contributed by atoms with van der Waals surface area (Å²) in [6.07, 6.45) is 1.77. The minimum Gasteiger partial charge on any atom is -0.364 e. The van der Waals surface area contributed by atoms with Crippen molar-refractivity contribution in [3.05, 3.63) is 70.3 Å². The Labute approximate surface area is 138 Å². The zero-order chi connectivity index (χ0) is 15.8. The van der Waals surface area contributed by atoms with Gasteiger partial charge >= 0.3 is 0 Å². The fourth-order valence-corrected chi connectivity index (χ4v) is 4.03. The first-order valence-corrected chi connectivity index (χ1v) is 8.65. The van der Waals surface area contributed by atoms with Gasteiger partial charge < -0.3 is 4.90 Å². The van der Waals surface area contributed by atoms with Crippen molar-refractivity contribution in [2.45, 2.75) is 18.4 Å². The molecule has 23 heavy (non-hydrogen) atoms. The van der Waals surface area contributed by atoms with Crippen molar-refractivity contribution in [3.63, 3.8) is 0 Å². The highest BCUT2D eigenvalue weighted by atomic mass is 32.2. The second kappa shape index (κ2) is 5.74. The fraction of sp³-hybridized carbons (Fsp3) is 0.222. The van der Waals surface area contributed by atoms with Gasteiger partial charge in [-0.15, -0.1) is 11.8 Å². The highest BCUT2D eigenvalue weighted by Gasteiger charge is 2.18. The molecule has 4 rings (SSSR count). The van der Waals surface area contributed by atoms with Crippen LogP contribution >= 0.6 is 11.8 Å². The predicted molar refractivity (Wildman–Crippen MR) is 94.4 cm³/mol. The standard InChI is InChI=1S/C18H17N3OS/c1-13-5-4-8-21-17(22)11-14(19-18(13)21)12-20-9-10-23-16-7-3-2-6-15(16)20/h2-8,11H,9-10,12H2,1H3. The van der Waals surface area contributed by atoms with Gasteiger partial charge in [-0.25, -0.2) is 4.98 Å². The number of thioether (sulfide) groups is 1. The number of pyridine rings is 1. The summed E-state index contributed by atoms with van der Waals surface area (Å²) in [6.45, 7) is 3.62. The van der Waals surface area contributed by atoms with Crippen molar-refractivity contribution in [3.8, 4) is 0 Å². The van der Waals surface area contributed by atoms with Crippen LogP contribution in [0.2, 0.25) is 0 Å². The van der Waals surface area contributed by atoms with Gasteiger partial charge in [0.1, 0.15) is 5.65 Å².